The normalized spacial score (nSPS) is 28.1. The molecule has 6 rings (SSSR count). The molecule has 0 bridgehead atoms. The van der Waals surface area contributed by atoms with E-state index in [0.29, 0.717) is 12.0 Å². The number of likely N-dealkylation sites (N-methyl/N-ethyl adjacent to an activating group) is 1. The van der Waals surface area contributed by atoms with Gasteiger partial charge in [0.2, 0.25) is 0 Å². The molecule has 1 atom stereocenters. The van der Waals surface area contributed by atoms with Gasteiger partial charge in [0.15, 0.2) is 0 Å². The third kappa shape index (κ3) is 4.25. The SMILES string of the molecule is CN1CCN([C@H]2CC[C@@H](c3cnc4[nH]cc(-c5csc(C6CCCN6C)n5)c4c3)CC2)CC1. The second-order valence-electron chi connectivity index (χ2n) is 10.4. The van der Waals surface area contributed by atoms with Crippen molar-refractivity contribution in [1.82, 2.24) is 29.7 Å². The van der Waals surface area contributed by atoms with Crippen LogP contribution in [0.5, 0.6) is 0 Å². The second kappa shape index (κ2) is 9.10. The smallest absolute Gasteiger partial charge is 0.137 e. The molecule has 2 aliphatic heterocycles. The van der Waals surface area contributed by atoms with Crippen molar-refractivity contribution in [3.05, 3.63) is 34.4 Å². The predicted octanol–water partition coefficient (Wildman–Crippen LogP) is 4.73. The molecule has 7 heteroatoms. The van der Waals surface area contributed by atoms with Crippen molar-refractivity contribution < 1.29 is 0 Å². The Kier molecular flexibility index (Phi) is 5.99. The molecule has 1 unspecified atom stereocenters. The van der Waals surface area contributed by atoms with Gasteiger partial charge in [0.05, 0.1) is 11.7 Å². The van der Waals surface area contributed by atoms with Gasteiger partial charge in [-0.3, -0.25) is 9.80 Å². The Hall–Kier alpha value is -1.80. The molecule has 2 saturated heterocycles. The number of pyridine rings is 1. The fourth-order valence-corrected chi connectivity index (χ4v) is 7.22. The van der Waals surface area contributed by atoms with Crippen LogP contribution in [0.25, 0.3) is 22.3 Å². The molecule has 0 spiro atoms. The molecule has 176 valence electrons. The van der Waals surface area contributed by atoms with Gasteiger partial charge < -0.3 is 9.88 Å². The minimum absolute atomic E-state index is 0.484. The van der Waals surface area contributed by atoms with Gasteiger partial charge in [-0.05, 0) is 76.7 Å². The molecule has 3 aromatic rings. The Balaban J connectivity index is 1.18. The first kappa shape index (κ1) is 21.7. The molecule has 3 aliphatic rings. The van der Waals surface area contributed by atoms with Crippen molar-refractivity contribution in [3.8, 4) is 11.3 Å². The molecule has 0 radical (unpaired) electrons. The third-order valence-corrected chi connectivity index (χ3v) is 9.32. The van der Waals surface area contributed by atoms with Crippen LogP contribution in [-0.2, 0) is 0 Å². The van der Waals surface area contributed by atoms with E-state index in [2.05, 4.69) is 57.6 Å². The van der Waals surface area contributed by atoms with Crippen molar-refractivity contribution in [1.29, 1.82) is 0 Å². The van der Waals surface area contributed by atoms with E-state index in [1.54, 1.807) is 0 Å². The molecule has 1 saturated carbocycles. The maximum Gasteiger partial charge on any atom is 0.137 e. The van der Waals surface area contributed by atoms with E-state index in [0.717, 1.165) is 17.4 Å². The Morgan fingerprint density at radius 1 is 1.00 bits per heavy atom. The fraction of sp³-hybridized carbons (Fsp3) is 0.615. The summed E-state index contributed by atoms with van der Waals surface area (Å²) >= 11 is 1.81. The number of likely N-dealkylation sites (tertiary alicyclic amines) is 1. The lowest BCUT2D eigenvalue weighted by Crippen LogP contribution is -2.49. The monoisotopic (exact) mass is 464 g/mol. The van der Waals surface area contributed by atoms with Crippen molar-refractivity contribution in [3.63, 3.8) is 0 Å². The summed E-state index contributed by atoms with van der Waals surface area (Å²) in [6.07, 6.45) is 11.9. The van der Waals surface area contributed by atoms with Gasteiger partial charge in [-0.1, -0.05) is 0 Å². The first-order valence-corrected chi connectivity index (χ1v) is 13.6. The topological polar surface area (TPSA) is 51.3 Å². The Morgan fingerprint density at radius 2 is 1.82 bits per heavy atom. The van der Waals surface area contributed by atoms with E-state index in [1.165, 1.54) is 92.8 Å². The summed E-state index contributed by atoms with van der Waals surface area (Å²) < 4.78 is 0. The minimum Gasteiger partial charge on any atom is -0.345 e. The summed E-state index contributed by atoms with van der Waals surface area (Å²) in [5.74, 6) is 0.631. The molecule has 0 amide bonds. The second-order valence-corrected chi connectivity index (χ2v) is 11.3. The quantitative estimate of drug-likeness (QED) is 0.605. The Morgan fingerprint density at radius 3 is 2.58 bits per heavy atom. The molecule has 33 heavy (non-hydrogen) atoms. The molecule has 1 N–H and O–H groups in total. The Labute approximate surface area is 201 Å². The number of thiazole rings is 1. The van der Waals surface area contributed by atoms with Crippen LogP contribution >= 0.6 is 11.3 Å². The highest BCUT2D eigenvalue weighted by atomic mass is 32.1. The van der Waals surface area contributed by atoms with Gasteiger partial charge in [0.25, 0.3) is 0 Å². The summed E-state index contributed by atoms with van der Waals surface area (Å²) in [4.78, 5) is 20.9. The molecule has 5 heterocycles. The van der Waals surface area contributed by atoms with Crippen LogP contribution in [0.2, 0.25) is 0 Å². The van der Waals surface area contributed by atoms with Crippen LogP contribution < -0.4 is 0 Å². The first-order valence-electron chi connectivity index (χ1n) is 12.7. The maximum atomic E-state index is 5.06. The number of hydrogen-bond acceptors (Lipinski definition) is 6. The van der Waals surface area contributed by atoms with E-state index in [-0.39, 0.29) is 0 Å². The van der Waals surface area contributed by atoms with Crippen molar-refractivity contribution in [2.24, 2.45) is 0 Å². The predicted molar refractivity (Wildman–Crippen MR) is 136 cm³/mol. The number of aromatic nitrogens is 3. The summed E-state index contributed by atoms with van der Waals surface area (Å²) in [5, 5.41) is 4.72. The lowest BCUT2D eigenvalue weighted by Gasteiger charge is -2.41. The molecule has 0 aromatic carbocycles. The minimum atomic E-state index is 0.484. The maximum absolute atomic E-state index is 5.06. The number of piperazine rings is 1. The third-order valence-electron chi connectivity index (χ3n) is 8.38. The number of H-pyrrole nitrogens is 1. The fourth-order valence-electron chi connectivity index (χ4n) is 6.20. The Bertz CT molecular complexity index is 1090. The number of aromatic amines is 1. The molecule has 1 aliphatic carbocycles. The van der Waals surface area contributed by atoms with Gasteiger partial charge in [-0.15, -0.1) is 11.3 Å². The number of nitrogens with zero attached hydrogens (tertiary/aromatic N) is 5. The van der Waals surface area contributed by atoms with Crippen LogP contribution in [0.15, 0.2) is 23.8 Å². The van der Waals surface area contributed by atoms with Crippen molar-refractivity contribution in [2.75, 3.05) is 46.8 Å². The summed E-state index contributed by atoms with van der Waals surface area (Å²) in [6, 6.07) is 3.66. The molecular weight excluding hydrogens is 428 g/mol. The molecule has 3 fully saturated rings. The van der Waals surface area contributed by atoms with Gasteiger partial charge in [0.1, 0.15) is 10.7 Å². The molecular formula is C26H36N6S. The van der Waals surface area contributed by atoms with Gasteiger partial charge in [0, 0.05) is 60.9 Å². The van der Waals surface area contributed by atoms with Crippen LogP contribution in [0.1, 0.15) is 61.1 Å². The number of hydrogen-bond donors (Lipinski definition) is 1. The zero-order chi connectivity index (χ0) is 22.4. The highest BCUT2D eigenvalue weighted by molar-refractivity contribution is 7.10. The average molecular weight is 465 g/mol. The highest BCUT2D eigenvalue weighted by Gasteiger charge is 2.29. The summed E-state index contributed by atoms with van der Waals surface area (Å²) in [6.45, 7) is 6.08. The molecule has 6 nitrogen and oxygen atoms in total. The summed E-state index contributed by atoms with van der Waals surface area (Å²) in [5.41, 5.74) is 4.69. The largest absolute Gasteiger partial charge is 0.345 e. The van der Waals surface area contributed by atoms with Gasteiger partial charge in [-0.25, -0.2) is 9.97 Å². The van der Waals surface area contributed by atoms with E-state index in [1.807, 2.05) is 11.3 Å². The zero-order valence-electron chi connectivity index (χ0n) is 20.0. The van der Waals surface area contributed by atoms with Crippen molar-refractivity contribution in [2.45, 2.75) is 56.5 Å². The number of fused-ring (bicyclic) bond motifs is 1. The van der Waals surface area contributed by atoms with Crippen molar-refractivity contribution >= 4 is 22.4 Å². The first-order chi connectivity index (χ1) is 16.2. The van der Waals surface area contributed by atoms with Crippen LogP contribution in [0.3, 0.4) is 0 Å². The van der Waals surface area contributed by atoms with Crippen LogP contribution in [0.4, 0.5) is 0 Å². The standard InChI is InChI=1S/C26H36N6S/c1-30-10-12-32(13-11-30)20-7-5-18(6-8-20)19-14-21-22(16-28-25(21)27-15-19)23-17-33-26(29-23)24-4-3-9-31(24)2/h14-18,20,24H,3-13H2,1-2H3,(H,27,28)/t18-,20+,24?. The zero-order valence-corrected chi connectivity index (χ0v) is 20.8. The molecule has 3 aromatic heterocycles. The number of rotatable bonds is 4. The van der Waals surface area contributed by atoms with E-state index in [9.17, 15) is 0 Å². The van der Waals surface area contributed by atoms with Gasteiger partial charge >= 0.3 is 0 Å². The van der Waals surface area contributed by atoms with Gasteiger partial charge in [-0.2, -0.15) is 0 Å². The van der Waals surface area contributed by atoms with E-state index >= 15 is 0 Å². The van der Waals surface area contributed by atoms with E-state index in [4.69, 9.17) is 9.97 Å². The lowest BCUT2D eigenvalue weighted by molar-refractivity contribution is 0.0878. The van der Waals surface area contributed by atoms with E-state index < -0.39 is 0 Å². The lowest BCUT2D eigenvalue weighted by atomic mass is 9.81. The average Bonchev–Trinajstić information content (AvgIpc) is 3.58. The number of nitrogens with one attached hydrogen (secondary N) is 1. The van der Waals surface area contributed by atoms with Crippen LogP contribution in [0, 0.1) is 0 Å². The van der Waals surface area contributed by atoms with Crippen LogP contribution in [-0.4, -0.2) is 82.5 Å². The highest BCUT2D eigenvalue weighted by Crippen LogP contribution is 2.39. The summed E-state index contributed by atoms with van der Waals surface area (Å²) in [7, 11) is 4.46.